The Kier molecular flexibility index (Phi) is 4.64. The highest BCUT2D eigenvalue weighted by Crippen LogP contribution is 2.44. The number of halogens is 1. The molecule has 0 saturated heterocycles. The number of ether oxygens (including phenoxy) is 2. The van der Waals surface area contributed by atoms with Crippen molar-refractivity contribution in [2.45, 2.75) is 32.4 Å². The monoisotopic (exact) mass is 311 g/mol. The molecule has 21 heavy (non-hydrogen) atoms. The second kappa shape index (κ2) is 6.12. The lowest BCUT2D eigenvalue weighted by atomic mass is 9.65. The Balaban J connectivity index is 2.03. The summed E-state index contributed by atoms with van der Waals surface area (Å²) < 4.78 is 10.5. The molecule has 5 nitrogen and oxygen atoms in total. The highest BCUT2D eigenvalue weighted by molar-refractivity contribution is 6.32. The molecule has 2 atom stereocenters. The Bertz CT molecular complexity index is 546. The van der Waals surface area contributed by atoms with Crippen LogP contribution in [-0.2, 0) is 4.74 Å². The fourth-order valence-corrected chi connectivity index (χ4v) is 2.83. The maximum absolute atomic E-state index is 6.08. The first-order valence-corrected chi connectivity index (χ1v) is 7.23. The van der Waals surface area contributed by atoms with Crippen LogP contribution in [0.5, 0.6) is 5.75 Å². The number of nitrogens with one attached hydrogen (secondary N) is 1. The molecule has 0 radical (unpaired) electrons. The summed E-state index contributed by atoms with van der Waals surface area (Å²) in [5, 5.41) is 3.58. The van der Waals surface area contributed by atoms with Crippen LogP contribution in [0, 0.1) is 5.41 Å². The molecule has 0 heterocycles. The SMILES string of the molecule is COc1ccc(NC(N)=NC2CC(OC)C2(C)C)cc1Cl. The van der Waals surface area contributed by atoms with E-state index in [1.54, 1.807) is 26.4 Å². The normalized spacial score (nSPS) is 24.3. The summed E-state index contributed by atoms with van der Waals surface area (Å²) in [5.74, 6) is 1.00. The number of nitrogens with zero attached hydrogens (tertiary/aromatic N) is 1. The molecule has 3 N–H and O–H groups in total. The summed E-state index contributed by atoms with van der Waals surface area (Å²) in [4.78, 5) is 4.53. The van der Waals surface area contributed by atoms with E-state index < -0.39 is 0 Å². The molecule has 1 aromatic carbocycles. The Morgan fingerprint density at radius 1 is 1.43 bits per heavy atom. The van der Waals surface area contributed by atoms with Crippen molar-refractivity contribution in [3.05, 3.63) is 23.2 Å². The Morgan fingerprint density at radius 3 is 2.67 bits per heavy atom. The predicted octanol–water partition coefficient (Wildman–Crippen LogP) is 2.89. The van der Waals surface area contributed by atoms with E-state index in [2.05, 4.69) is 24.2 Å². The highest BCUT2D eigenvalue weighted by Gasteiger charge is 2.48. The topological polar surface area (TPSA) is 68.9 Å². The first-order chi connectivity index (χ1) is 9.88. The fourth-order valence-electron chi connectivity index (χ4n) is 2.58. The minimum absolute atomic E-state index is 0.00139. The van der Waals surface area contributed by atoms with Gasteiger partial charge in [0.15, 0.2) is 5.96 Å². The molecule has 0 aromatic heterocycles. The molecule has 0 bridgehead atoms. The van der Waals surface area contributed by atoms with E-state index >= 15 is 0 Å². The van der Waals surface area contributed by atoms with Gasteiger partial charge in [-0.3, -0.25) is 0 Å². The van der Waals surface area contributed by atoms with Gasteiger partial charge in [0.2, 0.25) is 0 Å². The second-order valence-corrected chi connectivity index (χ2v) is 6.19. The van der Waals surface area contributed by atoms with Crippen LogP contribution in [0.1, 0.15) is 20.3 Å². The molecule has 0 spiro atoms. The number of benzene rings is 1. The quantitative estimate of drug-likeness (QED) is 0.662. The number of nitrogens with two attached hydrogens (primary N) is 1. The molecule has 1 aliphatic rings. The van der Waals surface area contributed by atoms with Gasteiger partial charge in [0.1, 0.15) is 5.75 Å². The molecule has 2 unspecified atom stereocenters. The summed E-state index contributed by atoms with van der Waals surface area (Å²) in [5.41, 5.74) is 6.75. The summed E-state index contributed by atoms with van der Waals surface area (Å²) in [6, 6.07) is 5.54. The Labute approximate surface area is 130 Å². The zero-order chi connectivity index (χ0) is 15.6. The van der Waals surface area contributed by atoms with Crippen LogP contribution in [0.15, 0.2) is 23.2 Å². The van der Waals surface area contributed by atoms with Gasteiger partial charge in [0.05, 0.1) is 24.3 Å². The van der Waals surface area contributed by atoms with E-state index in [1.165, 1.54) is 0 Å². The predicted molar refractivity (Wildman–Crippen MR) is 86.2 cm³/mol. The van der Waals surface area contributed by atoms with Crippen molar-refractivity contribution >= 4 is 23.2 Å². The number of aliphatic imine (C=N–C) groups is 1. The summed E-state index contributed by atoms with van der Waals surface area (Å²) in [6.07, 6.45) is 1.12. The lowest BCUT2D eigenvalue weighted by Crippen LogP contribution is -2.54. The Hall–Kier alpha value is -1.46. The van der Waals surface area contributed by atoms with Crippen molar-refractivity contribution in [1.29, 1.82) is 0 Å². The summed E-state index contributed by atoms with van der Waals surface area (Å²) in [6.45, 7) is 4.27. The van der Waals surface area contributed by atoms with Crippen molar-refractivity contribution in [1.82, 2.24) is 0 Å². The molecule has 1 saturated carbocycles. The zero-order valence-corrected chi connectivity index (χ0v) is 13.6. The standard InChI is InChI=1S/C15H22ClN3O2/c1-15(2)12(8-13(15)21-4)19-14(17)18-9-5-6-11(20-3)10(16)7-9/h5-7,12-13H,8H2,1-4H3,(H3,17,18,19). The van der Waals surface area contributed by atoms with Crippen LogP contribution in [0.25, 0.3) is 0 Å². The van der Waals surface area contributed by atoms with Gasteiger partial charge in [-0.05, 0) is 24.6 Å². The molecule has 116 valence electrons. The average Bonchev–Trinajstić information content (AvgIpc) is 2.43. The molecule has 1 aliphatic carbocycles. The van der Waals surface area contributed by atoms with E-state index in [-0.39, 0.29) is 17.6 Å². The number of methoxy groups -OCH3 is 2. The van der Waals surface area contributed by atoms with Crippen LogP contribution >= 0.6 is 11.6 Å². The molecule has 6 heteroatoms. The van der Waals surface area contributed by atoms with Crippen LogP contribution in [-0.4, -0.2) is 32.3 Å². The van der Waals surface area contributed by atoms with Gasteiger partial charge in [0, 0.05) is 18.2 Å². The van der Waals surface area contributed by atoms with Gasteiger partial charge in [-0.15, -0.1) is 0 Å². The number of rotatable bonds is 4. The van der Waals surface area contributed by atoms with Crippen molar-refractivity contribution in [2.24, 2.45) is 16.1 Å². The minimum atomic E-state index is -0.00139. The van der Waals surface area contributed by atoms with Gasteiger partial charge < -0.3 is 20.5 Å². The zero-order valence-electron chi connectivity index (χ0n) is 12.8. The van der Waals surface area contributed by atoms with E-state index in [9.17, 15) is 0 Å². The van der Waals surface area contributed by atoms with E-state index in [0.29, 0.717) is 16.7 Å². The van der Waals surface area contributed by atoms with Gasteiger partial charge >= 0.3 is 0 Å². The van der Waals surface area contributed by atoms with Crippen molar-refractivity contribution in [3.63, 3.8) is 0 Å². The first-order valence-electron chi connectivity index (χ1n) is 6.85. The second-order valence-electron chi connectivity index (χ2n) is 5.79. The largest absolute Gasteiger partial charge is 0.495 e. The molecule has 2 rings (SSSR count). The van der Waals surface area contributed by atoms with E-state index in [0.717, 1.165) is 12.1 Å². The van der Waals surface area contributed by atoms with Crippen LogP contribution in [0.4, 0.5) is 5.69 Å². The van der Waals surface area contributed by atoms with Crippen molar-refractivity contribution in [2.75, 3.05) is 19.5 Å². The van der Waals surface area contributed by atoms with Crippen LogP contribution < -0.4 is 15.8 Å². The molecule has 1 aromatic rings. The molecule has 0 amide bonds. The van der Waals surface area contributed by atoms with Gasteiger partial charge in [-0.25, -0.2) is 4.99 Å². The molecular formula is C15H22ClN3O2. The van der Waals surface area contributed by atoms with Crippen LogP contribution in [0.3, 0.4) is 0 Å². The van der Waals surface area contributed by atoms with Gasteiger partial charge in [-0.1, -0.05) is 25.4 Å². The smallest absolute Gasteiger partial charge is 0.193 e. The summed E-state index contributed by atoms with van der Waals surface area (Å²) >= 11 is 6.08. The third-order valence-corrected chi connectivity index (χ3v) is 4.43. The average molecular weight is 312 g/mol. The maximum atomic E-state index is 6.08. The molecular weight excluding hydrogens is 290 g/mol. The first kappa shape index (κ1) is 15.9. The number of anilines is 1. The lowest BCUT2D eigenvalue weighted by Gasteiger charge is -2.48. The van der Waals surface area contributed by atoms with E-state index in [4.69, 9.17) is 26.8 Å². The molecule has 0 aliphatic heterocycles. The Morgan fingerprint density at radius 2 is 2.14 bits per heavy atom. The lowest BCUT2D eigenvalue weighted by molar-refractivity contribution is -0.0850. The van der Waals surface area contributed by atoms with Gasteiger partial charge in [0.25, 0.3) is 0 Å². The van der Waals surface area contributed by atoms with E-state index in [1.807, 2.05) is 6.07 Å². The number of guanidine groups is 1. The maximum Gasteiger partial charge on any atom is 0.193 e. The number of hydrogen-bond acceptors (Lipinski definition) is 3. The molecule has 1 fully saturated rings. The van der Waals surface area contributed by atoms with Crippen molar-refractivity contribution < 1.29 is 9.47 Å². The highest BCUT2D eigenvalue weighted by atomic mass is 35.5. The van der Waals surface area contributed by atoms with Gasteiger partial charge in [-0.2, -0.15) is 0 Å². The van der Waals surface area contributed by atoms with Crippen molar-refractivity contribution in [3.8, 4) is 5.75 Å². The fraction of sp³-hybridized carbons (Fsp3) is 0.533. The minimum Gasteiger partial charge on any atom is -0.495 e. The third kappa shape index (κ3) is 3.24. The third-order valence-electron chi connectivity index (χ3n) is 4.13. The van der Waals surface area contributed by atoms with Crippen LogP contribution in [0.2, 0.25) is 5.02 Å². The summed E-state index contributed by atoms with van der Waals surface area (Å²) in [7, 11) is 3.31. The number of hydrogen-bond donors (Lipinski definition) is 2.